The Labute approximate surface area is 328 Å². The van der Waals surface area contributed by atoms with Crippen molar-refractivity contribution < 1.29 is 28.6 Å². The van der Waals surface area contributed by atoms with Crippen LogP contribution in [0.5, 0.6) is 11.5 Å². The third-order valence-corrected chi connectivity index (χ3v) is 13.1. The molecule has 9 rings (SSSR count). The van der Waals surface area contributed by atoms with Crippen LogP contribution in [0.15, 0.2) is 91.0 Å². The summed E-state index contributed by atoms with van der Waals surface area (Å²) in [6.45, 7) is 6.22. The highest BCUT2D eigenvalue weighted by molar-refractivity contribution is 6.01. The predicted molar refractivity (Wildman–Crippen MR) is 214 cm³/mol. The lowest BCUT2D eigenvalue weighted by molar-refractivity contribution is -0.133. The number of benzene rings is 4. The van der Waals surface area contributed by atoms with E-state index in [1.54, 1.807) is 12.1 Å². The second kappa shape index (κ2) is 15.5. The van der Waals surface area contributed by atoms with Crippen LogP contribution in [-0.4, -0.2) is 79.4 Å². The molecule has 5 aliphatic heterocycles. The summed E-state index contributed by atoms with van der Waals surface area (Å²) in [5, 5.41) is 15.6. The van der Waals surface area contributed by atoms with Crippen LogP contribution in [0, 0.1) is 11.7 Å². The van der Waals surface area contributed by atoms with Gasteiger partial charge in [-0.25, -0.2) is 4.39 Å². The van der Waals surface area contributed by atoms with Crippen LogP contribution >= 0.6 is 0 Å². The Hall–Kier alpha value is -4.93. The fourth-order valence-corrected chi connectivity index (χ4v) is 10.0. The van der Waals surface area contributed by atoms with E-state index in [9.17, 15) is 14.7 Å². The van der Waals surface area contributed by atoms with Crippen molar-refractivity contribution in [2.24, 2.45) is 5.92 Å². The summed E-state index contributed by atoms with van der Waals surface area (Å²) in [6.07, 6.45) is 5.66. The minimum absolute atomic E-state index is 0.0492. The molecule has 0 unspecified atom stereocenters. The third-order valence-electron chi connectivity index (χ3n) is 13.1. The number of aromatic hydroxyl groups is 1. The van der Waals surface area contributed by atoms with Crippen molar-refractivity contribution in [3.8, 4) is 11.5 Å². The number of imide groups is 1. The summed E-state index contributed by atoms with van der Waals surface area (Å²) >= 11 is 0. The number of phenolic OH excluding ortho intramolecular Hbond substituents is 1. The Morgan fingerprint density at radius 2 is 1.61 bits per heavy atom. The van der Waals surface area contributed by atoms with Gasteiger partial charge in [0.15, 0.2) is 0 Å². The number of nitrogens with zero attached hydrogens (tertiary/aromatic N) is 2. The van der Waals surface area contributed by atoms with Gasteiger partial charge < -0.3 is 29.7 Å². The van der Waals surface area contributed by atoms with Crippen LogP contribution in [0.4, 0.5) is 15.8 Å². The van der Waals surface area contributed by atoms with Gasteiger partial charge >= 0.3 is 0 Å². The standard InChI is InChI=1S/C46H51FN4O5/c47-40-24-34(48-41-14-15-43(53)49-45(41)54)8-12-37(40)32-16-20-50(21-17-32)27-30-26-46(56-28-30)18-22-51(23-19-46)35-9-6-33(7-10-35)44-38-13-11-36(52)25-42(38)55-29-39(44)31-4-2-1-3-5-31/h1-13,24-25,30,32,39,41,44,48,52H,14-23,26-29H2,(H,49,53,54)/t30-,39+,41-,44+/m1/s1. The second-order valence-corrected chi connectivity index (χ2v) is 16.6. The van der Waals surface area contributed by atoms with Crippen LogP contribution in [-0.2, 0) is 14.3 Å². The van der Waals surface area contributed by atoms with Crippen LogP contribution in [0.1, 0.15) is 85.0 Å². The van der Waals surface area contributed by atoms with E-state index in [1.807, 2.05) is 24.3 Å². The maximum absolute atomic E-state index is 15.3. The Morgan fingerprint density at radius 1 is 0.839 bits per heavy atom. The molecule has 4 atom stereocenters. The number of hydrogen-bond acceptors (Lipinski definition) is 8. The lowest BCUT2D eigenvalue weighted by Crippen LogP contribution is -2.47. The fourth-order valence-electron chi connectivity index (χ4n) is 10.0. The molecule has 0 saturated carbocycles. The molecule has 4 fully saturated rings. The lowest BCUT2D eigenvalue weighted by Gasteiger charge is -2.40. The highest BCUT2D eigenvalue weighted by Gasteiger charge is 2.43. The Bertz CT molecular complexity index is 2040. The molecule has 0 bridgehead atoms. The first-order valence-electron chi connectivity index (χ1n) is 20.4. The monoisotopic (exact) mass is 758 g/mol. The quantitative estimate of drug-likeness (QED) is 0.161. The van der Waals surface area contributed by atoms with Crippen LogP contribution in [0.3, 0.4) is 0 Å². The van der Waals surface area contributed by atoms with E-state index in [1.165, 1.54) is 22.9 Å². The maximum atomic E-state index is 15.3. The molecule has 0 aromatic heterocycles. The molecule has 4 aromatic carbocycles. The van der Waals surface area contributed by atoms with Gasteiger partial charge in [0.2, 0.25) is 11.8 Å². The first-order valence-corrected chi connectivity index (χ1v) is 20.4. The van der Waals surface area contributed by atoms with Crippen molar-refractivity contribution in [2.75, 3.05) is 56.2 Å². The molecule has 4 aromatic rings. The smallest absolute Gasteiger partial charge is 0.249 e. The van der Waals surface area contributed by atoms with Crippen molar-refractivity contribution in [1.82, 2.24) is 10.2 Å². The molecule has 10 heteroatoms. The molecule has 5 aliphatic rings. The molecule has 56 heavy (non-hydrogen) atoms. The molecule has 4 saturated heterocycles. The van der Waals surface area contributed by atoms with E-state index in [-0.39, 0.29) is 53.2 Å². The maximum Gasteiger partial charge on any atom is 0.249 e. The largest absolute Gasteiger partial charge is 0.508 e. The van der Waals surface area contributed by atoms with Gasteiger partial charge in [-0.05, 0) is 110 Å². The molecule has 2 amide bonds. The van der Waals surface area contributed by atoms with Gasteiger partial charge in [0, 0.05) is 60.9 Å². The summed E-state index contributed by atoms with van der Waals surface area (Å²) in [7, 11) is 0. The van der Waals surface area contributed by atoms with Gasteiger partial charge in [0.25, 0.3) is 0 Å². The second-order valence-electron chi connectivity index (χ2n) is 16.6. The predicted octanol–water partition coefficient (Wildman–Crippen LogP) is 7.31. The van der Waals surface area contributed by atoms with Crippen LogP contribution in [0.25, 0.3) is 0 Å². The molecular formula is C46H51FN4O5. The van der Waals surface area contributed by atoms with Gasteiger partial charge in [0.1, 0.15) is 23.4 Å². The summed E-state index contributed by atoms with van der Waals surface area (Å²) in [6, 6.07) is 29.8. The van der Waals surface area contributed by atoms with E-state index in [2.05, 4.69) is 69.0 Å². The zero-order chi connectivity index (χ0) is 38.2. The van der Waals surface area contributed by atoms with Crippen LogP contribution in [0.2, 0.25) is 0 Å². The van der Waals surface area contributed by atoms with Gasteiger partial charge in [-0.3, -0.25) is 14.9 Å². The molecule has 3 N–H and O–H groups in total. The van der Waals surface area contributed by atoms with Gasteiger partial charge in [-0.1, -0.05) is 54.6 Å². The number of phenols is 1. The van der Waals surface area contributed by atoms with E-state index in [0.717, 1.165) is 88.3 Å². The average molecular weight is 759 g/mol. The van der Waals surface area contributed by atoms with Crippen molar-refractivity contribution in [1.29, 1.82) is 0 Å². The number of fused-ring (bicyclic) bond motifs is 1. The Balaban J connectivity index is 0.766. The fraction of sp³-hybridized carbons (Fsp3) is 0.435. The van der Waals surface area contributed by atoms with Crippen molar-refractivity contribution in [3.63, 3.8) is 0 Å². The number of rotatable bonds is 8. The van der Waals surface area contributed by atoms with Gasteiger partial charge in [0.05, 0.1) is 18.8 Å². The first-order chi connectivity index (χ1) is 27.3. The molecule has 1 spiro atoms. The molecule has 0 radical (unpaired) electrons. The summed E-state index contributed by atoms with van der Waals surface area (Å²) < 4.78 is 28.1. The van der Waals surface area contributed by atoms with E-state index in [0.29, 0.717) is 24.6 Å². The number of nitrogens with one attached hydrogen (secondary N) is 2. The number of anilines is 2. The number of halogens is 1. The van der Waals surface area contributed by atoms with Crippen molar-refractivity contribution in [3.05, 3.63) is 119 Å². The molecule has 5 heterocycles. The third kappa shape index (κ3) is 7.61. The van der Waals surface area contributed by atoms with Crippen molar-refractivity contribution >= 4 is 23.2 Å². The highest BCUT2D eigenvalue weighted by atomic mass is 19.1. The average Bonchev–Trinajstić information content (AvgIpc) is 3.60. The summed E-state index contributed by atoms with van der Waals surface area (Å²) in [5.41, 5.74) is 6.11. The Kier molecular flexibility index (Phi) is 10.2. The number of amides is 2. The van der Waals surface area contributed by atoms with E-state index < -0.39 is 6.04 Å². The summed E-state index contributed by atoms with van der Waals surface area (Å²) in [4.78, 5) is 28.6. The topological polar surface area (TPSA) is 103 Å². The molecule has 292 valence electrons. The molecular weight excluding hydrogens is 708 g/mol. The molecule has 0 aliphatic carbocycles. The number of likely N-dealkylation sites (tertiary alicyclic amines) is 1. The lowest BCUT2D eigenvalue weighted by atomic mass is 9.76. The van der Waals surface area contributed by atoms with E-state index in [4.69, 9.17) is 9.47 Å². The normalized spacial score (nSPS) is 25.4. The number of piperidine rings is 3. The SMILES string of the molecule is O=C1CC[C@@H](Nc2ccc(C3CCN(C[C@@H]4COC5(CCN(c6ccc([C@H]7c8ccc(O)cc8OC[C@H]7c7ccccc7)cc6)CC5)C4)CC3)c(F)c2)C(=O)N1. The zero-order valence-electron chi connectivity index (χ0n) is 31.8. The van der Waals surface area contributed by atoms with Crippen LogP contribution < -0.4 is 20.3 Å². The van der Waals surface area contributed by atoms with E-state index >= 15 is 4.39 Å². The number of carbonyl (C=O) groups is 2. The zero-order valence-corrected chi connectivity index (χ0v) is 31.8. The Morgan fingerprint density at radius 3 is 2.36 bits per heavy atom. The van der Waals surface area contributed by atoms with Crippen molar-refractivity contribution in [2.45, 2.75) is 74.3 Å². The van der Waals surface area contributed by atoms with Gasteiger partial charge in [-0.2, -0.15) is 0 Å². The first kappa shape index (κ1) is 36.7. The number of carbonyl (C=O) groups excluding carboxylic acids is 2. The van der Waals surface area contributed by atoms with Gasteiger partial charge in [-0.15, -0.1) is 0 Å². The highest BCUT2D eigenvalue weighted by Crippen LogP contribution is 2.47. The minimum atomic E-state index is -0.528. The number of hydrogen-bond donors (Lipinski definition) is 3. The summed E-state index contributed by atoms with van der Waals surface area (Å²) in [5.74, 6) is 1.10. The minimum Gasteiger partial charge on any atom is -0.508 e. The number of ether oxygens (including phenoxy) is 2. The molecule has 9 nitrogen and oxygen atoms in total.